The van der Waals surface area contributed by atoms with Gasteiger partial charge in [-0.1, -0.05) is 0 Å². The van der Waals surface area contributed by atoms with E-state index in [0.29, 0.717) is 6.42 Å². The molecular formula is C11H19N3O. The quantitative estimate of drug-likeness (QED) is 0.658. The fourth-order valence-electron chi connectivity index (χ4n) is 1.56. The maximum Gasteiger partial charge on any atom is 0.220 e. The summed E-state index contributed by atoms with van der Waals surface area (Å²) < 4.78 is 0. The Hall–Kier alpha value is -1.08. The van der Waals surface area contributed by atoms with Crippen LogP contribution in [0.5, 0.6) is 0 Å². The van der Waals surface area contributed by atoms with Gasteiger partial charge in [0.05, 0.1) is 11.5 Å². The summed E-state index contributed by atoms with van der Waals surface area (Å²) in [7, 11) is 0. The molecule has 4 nitrogen and oxygen atoms in total. The zero-order valence-electron chi connectivity index (χ0n) is 9.47. The predicted molar refractivity (Wildman–Crippen MR) is 58.0 cm³/mol. The van der Waals surface area contributed by atoms with Crippen LogP contribution in [-0.2, 0) is 4.79 Å². The highest BCUT2D eigenvalue weighted by atomic mass is 16.1. The van der Waals surface area contributed by atoms with Crippen LogP contribution in [0.15, 0.2) is 0 Å². The zero-order chi connectivity index (χ0) is 11.3. The number of hydrogen-bond donors (Lipinski definition) is 2. The van der Waals surface area contributed by atoms with Crippen molar-refractivity contribution in [2.45, 2.75) is 39.2 Å². The standard InChI is InChI=1S/C11H19N3O/c1-11(2,8-12)5-6-13-7-9-3-4-10(15)14-9/h9,13H,3-7H2,1-2H3,(H,14,15). The van der Waals surface area contributed by atoms with E-state index in [2.05, 4.69) is 16.7 Å². The molecule has 1 fully saturated rings. The summed E-state index contributed by atoms with van der Waals surface area (Å²) in [5.74, 6) is 0.152. The maximum absolute atomic E-state index is 10.9. The molecule has 1 atom stereocenters. The van der Waals surface area contributed by atoms with E-state index in [1.54, 1.807) is 0 Å². The topological polar surface area (TPSA) is 64.9 Å². The molecule has 0 aromatic carbocycles. The normalized spacial score (nSPS) is 21.1. The molecule has 4 heteroatoms. The molecule has 1 aliphatic heterocycles. The van der Waals surface area contributed by atoms with Crippen molar-refractivity contribution in [3.63, 3.8) is 0 Å². The highest BCUT2D eigenvalue weighted by Crippen LogP contribution is 2.17. The molecule has 0 saturated carbocycles. The van der Waals surface area contributed by atoms with Gasteiger partial charge in [0.2, 0.25) is 5.91 Å². The fraction of sp³-hybridized carbons (Fsp3) is 0.818. The first-order chi connectivity index (χ1) is 7.03. The molecule has 1 heterocycles. The highest BCUT2D eigenvalue weighted by molar-refractivity contribution is 5.78. The largest absolute Gasteiger partial charge is 0.352 e. The zero-order valence-corrected chi connectivity index (χ0v) is 9.47. The molecule has 1 amide bonds. The van der Waals surface area contributed by atoms with Crippen molar-refractivity contribution in [1.29, 1.82) is 5.26 Å². The molecule has 15 heavy (non-hydrogen) atoms. The van der Waals surface area contributed by atoms with Gasteiger partial charge in [-0.05, 0) is 33.2 Å². The monoisotopic (exact) mass is 209 g/mol. The molecular weight excluding hydrogens is 190 g/mol. The first-order valence-corrected chi connectivity index (χ1v) is 5.45. The van der Waals surface area contributed by atoms with Gasteiger partial charge in [0.1, 0.15) is 0 Å². The van der Waals surface area contributed by atoms with E-state index in [0.717, 1.165) is 25.9 Å². The summed E-state index contributed by atoms with van der Waals surface area (Å²) >= 11 is 0. The van der Waals surface area contributed by atoms with Gasteiger partial charge < -0.3 is 10.6 Å². The van der Waals surface area contributed by atoms with Crippen molar-refractivity contribution in [2.75, 3.05) is 13.1 Å². The Bertz CT molecular complexity index is 267. The molecule has 1 rings (SSSR count). The number of amides is 1. The summed E-state index contributed by atoms with van der Waals surface area (Å²) in [4.78, 5) is 10.9. The summed E-state index contributed by atoms with van der Waals surface area (Å²) in [5, 5.41) is 15.0. The molecule has 1 saturated heterocycles. The number of nitrogens with zero attached hydrogens (tertiary/aromatic N) is 1. The van der Waals surface area contributed by atoms with Gasteiger partial charge in [-0.25, -0.2) is 0 Å². The van der Waals surface area contributed by atoms with Gasteiger partial charge in [0, 0.05) is 19.0 Å². The summed E-state index contributed by atoms with van der Waals surface area (Å²) in [6.45, 7) is 5.51. The van der Waals surface area contributed by atoms with Crippen molar-refractivity contribution < 1.29 is 4.79 Å². The lowest BCUT2D eigenvalue weighted by atomic mass is 9.91. The molecule has 0 aliphatic carbocycles. The Morgan fingerprint density at radius 2 is 2.40 bits per heavy atom. The fourth-order valence-corrected chi connectivity index (χ4v) is 1.56. The predicted octanol–water partition coefficient (Wildman–Crippen LogP) is 0.794. The lowest BCUT2D eigenvalue weighted by Gasteiger charge is -2.16. The number of carbonyl (C=O) groups is 1. The Morgan fingerprint density at radius 1 is 1.67 bits per heavy atom. The Labute approximate surface area is 91.0 Å². The number of carbonyl (C=O) groups excluding carboxylic acids is 1. The molecule has 1 unspecified atom stereocenters. The van der Waals surface area contributed by atoms with E-state index in [4.69, 9.17) is 5.26 Å². The van der Waals surface area contributed by atoms with Crippen molar-refractivity contribution >= 4 is 5.91 Å². The lowest BCUT2D eigenvalue weighted by Crippen LogP contribution is -2.36. The van der Waals surface area contributed by atoms with Crippen LogP contribution in [0.1, 0.15) is 33.1 Å². The van der Waals surface area contributed by atoms with E-state index < -0.39 is 0 Å². The number of hydrogen-bond acceptors (Lipinski definition) is 3. The van der Waals surface area contributed by atoms with E-state index >= 15 is 0 Å². The smallest absolute Gasteiger partial charge is 0.220 e. The van der Waals surface area contributed by atoms with Gasteiger partial charge in [-0.3, -0.25) is 4.79 Å². The molecule has 2 N–H and O–H groups in total. The first-order valence-electron chi connectivity index (χ1n) is 5.45. The summed E-state index contributed by atoms with van der Waals surface area (Å²) in [6, 6.07) is 2.55. The highest BCUT2D eigenvalue weighted by Gasteiger charge is 2.20. The minimum absolute atomic E-state index is 0.152. The van der Waals surface area contributed by atoms with Crippen LogP contribution in [0, 0.1) is 16.7 Å². The van der Waals surface area contributed by atoms with Crippen molar-refractivity contribution in [3.8, 4) is 6.07 Å². The van der Waals surface area contributed by atoms with E-state index in [9.17, 15) is 4.79 Å². The van der Waals surface area contributed by atoms with Gasteiger partial charge in [0.15, 0.2) is 0 Å². The summed E-state index contributed by atoms with van der Waals surface area (Å²) in [5.41, 5.74) is -0.258. The number of nitriles is 1. The third-order valence-electron chi connectivity index (χ3n) is 2.71. The second kappa shape index (κ2) is 5.13. The van der Waals surface area contributed by atoms with E-state index in [-0.39, 0.29) is 17.4 Å². The molecule has 1 aliphatic rings. The minimum atomic E-state index is -0.258. The van der Waals surface area contributed by atoms with Gasteiger partial charge in [-0.2, -0.15) is 5.26 Å². The van der Waals surface area contributed by atoms with Gasteiger partial charge >= 0.3 is 0 Å². The molecule has 0 radical (unpaired) electrons. The van der Waals surface area contributed by atoms with Crippen LogP contribution >= 0.6 is 0 Å². The second-order valence-electron chi connectivity index (χ2n) is 4.75. The van der Waals surface area contributed by atoms with Crippen LogP contribution in [0.2, 0.25) is 0 Å². The Kier molecular flexibility index (Phi) is 4.10. The first kappa shape index (κ1) is 12.0. The third kappa shape index (κ3) is 4.30. The SMILES string of the molecule is CC(C)(C#N)CCNCC1CCC(=O)N1. The third-order valence-corrected chi connectivity index (χ3v) is 2.71. The average molecular weight is 209 g/mol. The average Bonchev–Trinajstić information content (AvgIpc) is 2.59. The van der Waals surface area contributed by atoms with Crippen LogP contribution in [-0.4, -0.2) is 25.0 Å². The van der Waals surface area contributed by atoms with Crippen LogP contribution in [0.4, 0.5) is 0 Å². The van der Waals surface area contributed by atoms with Crippen molar-refractivity contribution in [3.05, 3.63) is 0 Å². The van der Waals surface area contributed by atoms with Crippen LogP contribution in [0.25, 0.3) is 0 Å². The van der Waals surface area contributed by atoms with E-state index in [1.807, 2.05) is 13.8 Å². The van der Waals surface area contributed by atoms with Gasteiger partial charge in [-0.15, -0.1) is 0 Å². The van der Waals surface area contributed by atoms with Crippen LogP contribution < -0.4 is 10.6 Å². The summed E-state index contributed by atoms with van der Waals surface area (Å²) in [6.07, 6.45) is 2.41. The molecule has 0 bridgehead atoms. The molecule has 0 aromatic rings. The molecule has 0 spiro atoms. The van der Waals surface area contributed by atoms with E-state index in [1.165, 1.54) is 0 Å². The lowest BCUT2D eigenvalue weighted by molar-refractivity contribution is -0.119. The van der Waals surface area contributed by atoms with Gasteiger partial charge in [0.25, 0.3) is 0 Å². The minimum Gasteiger partial charge on any atom is -0.352 e. The van der Waals surface area contributed by atoms with Crippen LogP contribution in [0.3, 0.4) is 0 Å². The molecule has 84 valence electrons. The number of nitrogens with one attached hydrogen (secondary N) is 2. The Balaban J connectivity index is 2.08. The molecule has 0 aromatic heterocycles. The Morgan fingerprint density at radius 3 is 2.93 bits per heavy atom. The van der Waals surface area contributed by atoms with Crippen molar-refractivity contribution in [1.82, 2.24) is 10.6 Å². The second-order valence-corrected chi connectivity index (χ2v) is 4.75. The number of rotatable bonds is 5. The maximum atomic E-state index is 10.9. The van der Waals surface area contributed by atoms with Crippen molar-refractivity contribution in [2.24, 2.45) is 5.41 Å².